The quantitative estimate of drug-likeness (QED) is 0.712. The molecule has 6 heteroatoms. The van der Waals surface area contributed by atoms with Crippen LogP contribution >= 0.6 is 11.6 Å². The van der Waals surface area contributed by atoms with Gasteiger partial charge >= 0.3 is 0 Å². The molecule has 0 aliphatic rings. The third kappa shape index (κ3) is 5.91. The van der Waals surface area contributed by atoms with E-state index in [0.29, 0.717) is 44.5 Å². The molecule has 21 heavy (non-hydrogen) atoms. The van der Waals surface area contributed by atoms with Crippen molar-refractivity contribution in [2.24, 2.45) is 0 Å². The first kappa shape index (κ1) is 17.8. The van der Waals surface area contributed by atoms with E-state index in [0.717, 1.165) is 0 Å². The van der Waals surface area contributed by atoms with Gasteiger partial charge in [-0.3, -0.25) is 4.79 Å². The van der Waals surface area contributed by atoms with Gasteiger partial charge in [-0.1, -0.05) is 11.6 Å². The van der Waals surface area contributed by atoms with Crippen molar-refractivity contribution in [3.63, 3.8) is 0 Å². The van der Waals surface area contributed by atoms with Crippen LogP contribution in [0.3, 0.4) is 0 Å². The van der Waals surface area contributed by atoms with E-state index in [4.69, 9.17) is 21.1 Å². The van der Waals surface area contributed by atoms with Crippen molar-refractivity contribution in [1.29, 1.82) is 0 Å². The summed E-state index contributed by atoms with van der Waals surface area (Å²) in [5.74, 6) is -0.229. The highest BCUT2D eigenvalue weighted by Gasteiger charge is 2.18. The Morgan fingerprint density at radius 2 is 1.76 bits per heavy atom. The van der Waals surface area contributed by atoms with E-state index in [-0.39, 0.29) is 17.2 Å². The predicted molar refractivity (Wildman–Crippen MR) is 82.0 cm³/mol. The minimum atomic E-state index is -0.240. The molecule has 0 atom stereocenters. The van der Waals surface area contributed by atoms with Gasteiger partial charge in [0.2, 0.25) is 0 Å². The zero-order valence-corrected chi connectivity index (χ0v) is 13.2. The van der Waals surface area contributed by atoms with Crippen LogP contribution in [-0.4, -0.2) is 55.4 Å². The SMILES string of the molecule is CCOCCN(CCOCC)C(=O)c1cc(O)ccc1Cl. The van der Waals surface area contributed by atoms with Gasteiger partial charge in [0, 0.05) is 26.3 Å². The van der Waals surface area contributed by atoms with Gasteiger partial charge in [0.15, 0.2) is 0 Å². The first-order valence-electron chi connectivity index (χ1n) is 7.03. The number of hydrogen-bond acceptors (Lipinski definition) is 4. The van der Waals surface area contributed by atoms with Crippen molar-refractivity contribution >= 4 is 17.5 Å². The van der Waals surface area contributed by atoms with Gasteiger partial charge < -0.3 is 19.5 Å². The van der Waals surface area contributed by atoms with Crippen molar-refractivity contribution in [2.45, 2.75) is 13.8 Å². The second-order valence-electron chi connectivity index (χ2n) is 4.35. The van der Waals surface area contributed by atoms with Crippen molar-refractivity contribution in [1.82, 2.24) is 4.90 Å². The number of phenols is 1. The Morgan fingerprint density at radius 1 is 1.19 bits per heavy atom. The second-order valence-corrected chi connectivity index (χ2v) is 4.76. The lowest BCUT2D eigenvalue weighted by molar-refractivity contribution is 0.0550. The number of halogens is 1. The number of carbonyl (C=O) groups excluding carboxylic acids is 1. The molecule has 0 spiro atoms. The Kier molecular flexibility index (Phi) is 8.12. The van der Waals surface area contributed by atoms with Crippen LogP contribution < -0.4 is 0 Å². The van der Waals surface area contributed by atoms with Crippen molar-refractivity contribution in [2.75, 3.05) is 39.5 Å². The monoisotopic (exact) mass is 315 g/mol. The number of nitrogens with zero attached hydrogens (tertiary/aromatic N) is 1. The van der Waals surface area contributed by atoms with Gasteiger partial charge in [-0.15, -0.1) is 0 Å². The van der Waals surface area contributed by atoms with Crippen molar-refractivity contribution in [3.8, 4) is 5.75 Å². The van der Waals surface area contributed by atoms with Crippen LogP contribution in [0.4, 0.5) is 0 Å². The maximum Gasteiger partial charge on any atom is 0.255 e. The number of phenolic OH excluding ortho intramolecular Hbond substituents is 1. The minimum Gasteiger partial charge on any atom is -0.508 e. The molecule has 1 aromatic rings. The summed E-state index contributed by atoms with van der Waals surface area (Å²) < 4.78 is 10.6. The number of aromatic hydroxyl groups is 1. The molecule has 0 unspecified atom stereocenters. The Morgan fingerprint density at radius 3 is 2.29 bits per heavy atom. The van der Waals surface area contributed by atoms with Crippen LogP contribution in [0.25, 0.3) is 0 Å². The zero-order valence-electron chi connectivity index (χ0n) is 12.5. The molecule has 0 aromatic heterocycles. The van der Waals surface area contributed by atoms with Gasteiger partial charge in [0.1, 0.15) is 5.75 Å². The van der Waals surface area contributed by atoms with E-state index in [1.165, 1.54) is 18.2 Å². The zero-order chi connectivity index (χ0) is 15.7. The predicted octanol–water partition coefficient (Wildman–Crippen LogP) is 2.56. The van der Waals surface area contributed by atoms with Gasteiger partial charge in [-0.2, -0.15) is 0 Å². The lowest BCUT2D eigenvalue weighted by atomic mass is 10.2. The average Bonchev–Trinajstić information content (AvgIpc) is 2.48. The van der Waals surface area contributed by atoms with Crippen LogP contribution in [-0.2, 0) is 9.47 Å². The summed E-state index contributed by atoms with van der Waals surface area (Å²) in [5, 5.41) is 9.83. The highest BCUT2D eigenvalue weighted by atomic mass is 35.5. The summed E-state index contributed by atoms with van der Waals surface area (Å²) in [6.45, 7) is 6.80. The van der Waals surface area contributed by atoms with E-state index in [1.54, 1.807) is 4.90 Å². The molecule has 0 bridgehead atoms. The topological polar surface area (TPSA) is 59.0 Å². The highest BCUT2D eigenvalue weighted by Crippen LogP contribution is 2.22. The first-order valence-corrected chi connectivity index (χ1v) is 7.41. The average molecular weight is 316 g/mol. The molecule has 0 saturated heterocycles. The Balaban J connectivity index is 2.79. The van der Waals surface area contributed by atoms with Crippen LogP contribution in [0.2, 0.25) is 5.02 Å². The largest absolute Gasteiger partial charge is 0.508 e. The number of benzene rings is 1. The number of rotatable bonds is 9. The third-order valence-electron chi connectivity index (χ3n) is 2.89. The number of hydrogen-bond donors (Lipinski definition) is 1. The Labute approximate surface area is 130 Å². The third-order valence-corrected chi connectivity index (χ3v) is 3.22. The van der Waals surface area contributed by atoms with Crippen LogP contribution in [0.1, 0.15) is 24.2 Å². The molecular formula is C15H22ClNO4. The molecule has 1 aromatic carbocycles. The van der Waals surface area contributed by atoms with Gasteiger partial charge in [-0.05, 0) is 32.0 Å². The molecule has 0 heterocycles. The van der Waals surface area contributed by atoms with E-state index >= 15 is 0 Å². The Hall–Kier alpha value is -1.30. The summed E-state index contributed by atoms with van der Waals surface area (Å²) in [4.78, 5) is 14.1. The summed E-state index contributed by atoms with van der Waals surface area (Å²) in [6, 6.07) is 4.33. The summed E-state index contributed by atoms with van der Waals surface area (Å²) in [6.07, 6.45) is 0. The van der Waals surface area contributed by atoms with E-state index < -0.39 is 0 Å². The lowest BCUT2D eigenvalue weighted by Gasteiger charge is -2.23. The van der Waals surface area contributed by atoms with Crippen LogP contribution in [0.5, 0.6) is 5.75 Å². The fourth-order valence-corrected chi connectivity index (χ4v) is 2.00. The molecule has 0 radical (unpaired) electrons. The van der Waals surface area contributed by atoms with Crippen molar-refractivity contribution in [3.05, 3.63) is 28.8 Å². The van der Waals surface area contributed by atoms with E-state index in [2.05, 4.69) is 0 Å². The van der Waals surface area contributed by atoms with E-state index in [1.807, 2.05) is 13.8 Å². The highest BCUT2D eigenvalue weighted by molar-refractivity contribution is 6.33. The second kappa shape index (κ2) is 9.60. The van der Waals surface area contributed by atoms with Crippen molar-refractivity contribution < 1.29 is 19.4 Å². The molecular weight excluding hydrogens is 294 g/mol. The van der Waals surface area contributed by atoms with Gasteiger partial charge in [-0.25, -0.2) is 0 Å². The first-order chi connectivity index (χ1) is 10.1. The maximum atomic E-state index is 12.5. The molecule has 1 amide bonds. The normalized spacial score (nSPS) is 10.6. The molecule has 0 saturated carbocycles. The summed E-state index contributed by atoms with van der Waals surface area (Å²) in [7, 11) is 0. The smallest absolute Gasteiger partial charge is 0.255 e. The van der Waals surface area contributed by atoms with Crippen LogP contribution in [0.15, 0.2) is 18.2 Å². The maximum absolute atomic E-state index is 12.5. The lowest BCUT2D eigenvalue weighted by Crippen LogP contribution is -2.37. The fourth-order valence-electron chi connectivity index (χ4n) is 1.80. The number of amides is 1. The molecule has 1 rings (SSSR count). The van der Waals surface area contributed by atoms with Gasteiger partial charge in [0.25, 0.3) is 5.91 Å². The molecule has 0 aliphatic heterocycles. The fraction of sp³-hybridized carbons (Fsp3) is 0.533. The molecule has 1 N–H and O–H groups in total. The van der Waals surface area contributed by atoms with Gasteiger partial charge in [0.05, 0.1) is 23.8 Å². The molecule has 0 fully saturated rings. The minimum absolute atomic E-state index is 0.0114. The Bertz CT molecular complexity index is 443. The van der Waals surface area contributed by atoms with Crippen LogP contribution in [0, 0.1) is 0 Å². The standard InChI is InChI=1S/C15H22ClNO4/c1-3-20-9-7-17(8-10-21-4-2)15(19)13-11-12(18)5-6-14(13)16/h5-6,11,18H,3-4,7-10H2,1-2H3. The summed E-state index contributed by atoms with van der Waals surface area (Å²) in [5.41, 5.74) is 0.282. The number of carbonyl (C=O) groups is 1. The molecule has 118 valence electrons. The molecule has 0 aliphatic carbocycles. The van der Waals surface area contributed by atoms with E-state index in [9.17, 15) is 9.90 Å². The summed E-state index contributed by atoms with van der Waals surface area (Å²) >= 11 is 6.04. The molecule has 5 nitrogen and oxygen atoms in total. The number of ether oxygens (including phenoxy) is 2.